The van der Waals surface area contributed by atoms with Crippen molar-refractivity contribution in [2.75, 3.05) is 29.2 Å². The van der Waals surface area contributed by atoms with Crippen LogP contribution in [-0.4, -0.2) is 41.7 Å². The smallest absolute Gasteiger partial charge is 0.327 e. The van der Waals surface area contributed by atoms with Gasteiger partial charge in [0.15, 0.2) is 0 Å². The number of aromatic nitrogens is 1. The molecule has 4 rings (SSSR count). The van der Waals surface area contributed by atoms with Crippen molar-refractivity contribution in [2.45, 2.75) is 6.42 Å². The number of hydrogen-bond donors (Lipinski definition) is 5. The van der Waals surface area contributed by atoms with Gasteiger partial charge >= 0.3 is 17.8 Å². The maximum Gasteiger partial charge on any atom is 0.327 e. The molecule has 0 unspecified atom stereocenters. The number of hydrogen-bond acceptors (Lipinski definition) is 6. The Labute approximate surface area is 241 Å². The molecule has 11 nitrogen and oxygen atoms in total. The molecule has 0 aliphatic heterocycles. The number of halogens is 1. The first-order valence-electron chi connectivity index (χ1n) is 12.5. The van der Waals surface area contributed by atoms with Crippen molar-refractivity contribution in [1.82, 2.24) is 10.3 Å². The lowest BCUT2D eigenvalue weighted by Crippen LogP contribution is -2.74. The molecule has 0 atom stereocenters. The summed E-state index contributed by atoms with van der Waals surface area (Å²) in [5.74, 6) is -1.43. The molecule has 0 fully saturated rings. The van der Waals surface area contributed by atoms with Crippen molar-refractivity contribution in [3.05, 3.63) is 102 Å². The molecule has 0 spiro atoms. The zero-order chi connectivity index (χ0) is 29.2. The van der Waals surface area contributed by atoms with Gasteiger partial charge in [0.2, 0.25) is 11.5 Å². The van der Waals surface area contributed by atoms with Gasteiger partial charge in [-0.15, -0.1) is 0 Å². The molecule has 3 aromatic carbocycles. The van der Waals surface area contributed by atoms with Crippen molar-refractivity contribution in [2.24, 2.45) is 0 Å². The van der Waals surface area contributed by atoms with Gasteiger partial charge in [-0.3, -0.25) is 9.59 Å². The maximum absolute atomic E-state index is 13.5. The van der Waals surface area contributed by atoms with Gasteiger partial charge in [-0.2, -0.15) is 5.48 Å². The van der Waals surface area contributed by atoms with Gasteiger partial charge in [0.1, 0.15) is 5.75 Å². The molecule has 0 aliphatic rings. The molecule has 210 valence electrons. The van der Waals surface area contributed by atoms with E-state index in [-0.39, 0.29) is 28.6 Å². The molecule has 0 saturated carbocycles. The lowest BCUT2D eigenvalue weighted by atomic mass is 10.1. The summed E-state index contributed by atoms with van der Waals surface area (Å²) in [6.45, 7) is 0.293. The first-order valence-corrected chi connectivity index (χ1v) is 12.9. The third-order valence-corrected chi connectivity index (χ3v) is 6.15. The number of nitrogens with one attached hydrogen (secondary N) is 3. The van der Waals surface area contributed by atoms with Crippen molar-refractivity contribution in [3.8, 4) is 5.75 Å². The molecular weight excluding hydrogens is 548 g/mol. The van der Waals surface area contributed by atoms with Crippen molar-refractivity contribution >= 4 is 58.0 Å². The van der Waals surface area contributed by atoms with Gasteiger partial charge in [0.05, 0.1) is 18.5 Å². The van der Waals surface area contributed by atoms with E-state index in [2.05, 4.69) is 20.9 Å². The first kappa shape index (κ1) is 29.0. The molecule has 12 heteroatoms. The van der Waals surface area contributed by atoms with Crippen LogP contribution in [0.1, 0.15) is 5.56 Å². The van der Waals surface area contributed by atoms with Crippen LogP contribution in [0.15, 0.2) is 91.1 Å². The van der Waals surface area contributed by atoms with Crippen LogP contribution in [0, 0.1) is 0 Å². The quantitative estimate of drug-likeness (QED) is 0.150. The summed E-state index contributed by atoms with van der Waals surface area (Å²) < 4.78 is 5.38. The maximum atomic E-state index is 13.5. The highest BCUT2D eigenvalue weighted by molar-refractivity contribution is 6.43. The number of anilines is 4. The second kappa shape index (κ2) is 13.9. The molecule has 0 radical (unpaired) electrons. The Morgan fingerprint density at radius 3 is 2.39 bits per heavy atom. The number of ether oxygens (including phenoxy) is 1. The molecule has 0 saturated heterocycles. The normalized spacial score (nSPS) is 10.4. The molecule has 1 heterocycles. The minimum Gasteiger partial charge on any atom is -0.495 e. The van der Waals surface area contributed by atoms with Crippen LogP contribution in [0.3, 0.4) is 0 Å². The molecule has 41 heavy (non-hydrogen) atoms. The summed E-state index contributed by atoms with van der Waals surface area (Å²) in [7, 11) is 1.41. The number of nitrogens with two attached hydrogens (primary N) is 1. The molecule has 0 bridgehead atoms. The second-order valence-electron chi connectivity index (χ2n) is 8.65. The summed E-state index contributed by atoms with van der Waals surface area (Å²) in [5.41, 5.74) is 2.99. The van der Waals surface area contributed by atoms with Crippen LogP contribution < -0.4 is 31.1 Å². The van der Waals surface area contributed by atoms with Crippen LogP contribution in [0.2, 0.25) is 5.02 Å². The van der Waals surface area contributed by atoms with E-state index in [1.54, 1.807) is 66.7 Å². The van der Waals surface area contributed by atoms with E-state index in [9.17, 15) is 19.6 Å². The van der Waals surface area contributed by atoms with Gasteiger partial charge < -0.3 is 20.7 Å². The van der Waals surface area contributed by atoms with Crippen LogP contribution in [0.4, 0.5) is 33.4 Å². The Morgan fingerprint density at radius 2 is 1.68 bits per heavy atom. The van der Waals surface area contributed by atoms with Crippen molar-refractivity contribution in [1.29, 1.82) is 0 Å². The highest BCUT2D eigenvalue weighted by atomic mass is 35.5. The number of pyridine rings is 1. The highest BCUT2D eigenvalue weighted by Crippen LogP contribution is 2.34. The number of carbonyl (C=O) groups excluding carboxylic acids is 3. The second-order valence-corrected chi connectivity index (χ2v) is 9.08. The minimum absolute atomic E-state index is 0.141. The first-order chi connectivity index (χ1) is 19.9. The molecule has 0 aliphatic carbocycles. The van der Waals surface area contributed by atoms with Gasteiger partial charge in [-0.05, 0) is 60.5 Å². The van der Waals surface area contributed by atoms with Crippen LogP contribution in [0.5, 0.6) is 5.75 Å². The molecule has 4 amide bonds. The standard InChI is InChI=1S/C29H27ClN6O5/c1-41-25-14-13-22(18-24(25)34-28(38)27(37)33-21-6-3-2-4-7-21)36(26-23(35-40)8-5-16-31-26)29(39)32-17-15-19-9-11-20(30)12-10-19/h2-14,16,18,35,40H,15,17H2,1H3,(H,32,39)(H,33,37)(H,34,38)/p+1. The summed E-state index contributed by atoms with van der Waals surface area (Å²) in [4.78, 5) is 44.3. The number of para-hydroxylation sites is 1. The van der Waals surface area contributed by atoms with Gasteiger partial charge in [-0.1, -0.05) is 41.9 Å². The zero-order valence-corrected chi connectivity index (χ0v) is 22.8. The number of urea groups is 1. The average molecular weight is 576 g/mol. The van der Waals surface area contributed by atoms with E-state index in [1.165, 1.54) is 24.3 Å². The molecular formula is C29H28ClN6O5+. The number of carbonyl (C=O) groups is 3. The van der Waals surface area contributed by atoms with Gasteiger partial charge in [-0.25, -0.2) is 19.9 Å². The zero-order valence-electron chi connectivity index (χ0n) is 22.0. The summed E-state index contributed by atoms with van der Waals surface area (Å²) in [6.07, 6.45) is 2.02. The summed E-state index contributed by atoms with van der Waals surface area (Å²) in [6, 6.07) is 23.1. The Kier molecular flexibility index (Phi) is 9.84. The lowest BCUT2D eigenvalue weighted by molar-refractivity contribution is -0.825. The van der Waals surface area contributed by atoms with Crippen molar-refractivity contribution < 1.29 is 29.8 Å². The molecule has 1 aromatic heterocycles. The van der Waals surface area contributed by atoms with E-state index in [4.69, 9.17) is 16.3 Å². The Balaban J connectivity index is 1.60. The number of nitrogens with zero attached hydrogens (tertiary/aromatic N) is 2. The predicted octanol–water partition coefficient (Wildman–Crippen LogP) is 4.00. The van der Waals surface area contributed by atoms with Crippen LogP contribution in [-0.2, 0) is 16.0 Å². The van der Waals surface area contributed by atoms with Gasteiger partial charge in [0, 0.05) is 29.5 Å². The topological polar surface area (TPSA) is 150 Å². The SMILES string of the molecule is COc1ccc(N(C(=O)NCCc2ccc(Cl)cc2)c2ncccc2[NH2+]O)cc1NC(=O)C(=O)Nc1ccccc1. The largest absolute Gasteiger partial charge is 0.495 e. The molecule has 6 N–H and O–H groups in total. The number of rotatable bonds is 9. The van der Waals surface area contributed by atoms with E-state index in [0.717, 1.165) is 11.0 Å². The minimum atomic E-state index is -0.939. The molecule has 4 aromatic rings. The number of quaternary nitrogens is 1. The fourth-order valence-corrected chi connectivity index (χ4v) is 4.02. The average Bonchev–Trinajstić information content (AvgIpc) is 2.99. The highest BCUT2D eigenvalue weighted by Gasteiger charge is 2.26. The van der Waals surface area contributed by atoms with Crippen molar-refractivity contribution in [3.63, 3.8) is 0 Å². The Morgan fingerprint density at radius 1 is 0.951 bits per heavy atom. The van der Waals surface area contributed by atoms with Gasteiger partial charge in [0.25, 0.3) is 0 Å². The fourth-order valence-electron chi connectivity index (χ4n) is 3.90. The Bertz CT molecular complexity index is 1520. The van der Waals surface area contributed by atoms with Crippen LogP contribution in [0.25, 0.3) is 0 Å². The monoisotopic (exact) mass is 575 g/mol. The summed E-state index contributed by atoms with van der Waals surface area (Å²) in [5, 5.41) is 18.4. The number of methoxy groups -OCH3 is 1. The number of amides is 4. The predicted molar refractivity (Wildman–Crippen MR) is 155 cm³/mol. The van der Waals surface area contributed by atoms with E-state index in [0.29, 0.717) is 23.7 Å². The number of benzene rings is 3. The summed E-state index contributed by atoms with van der Waals surface area (Å²) >= 11 is 5.96. The third kappa shape index (κ3) is 7.57. The van der Waals surface area contributed by atoms with E-state index < -0.39 is 17.8 Å². The van der Waals surface area contributed by atoms with Crippen LogP contribution >= 0.6 is 11.6 Å². The fraction of sp³-hybridized carbons (Fsp3) is 0.103. The lowest BCUT2D eigenvalue weighted by Gasteiger charge is -2.24. The third-order valence-electron chi connectivity index (χ3n) is 5.90. The van der Waals surface area contributed by atoms with E-state index in [1.807, 2.05) is 12.1 Å². The van der Waals surface area contributed by atoms with E-state index >= 15 is 0 Å². The Hall–Kier alpha value is -4.97.